The second kappa shape index (κ2) is 6.29. The zero-order chi connectivity index (χ0) is 14.6. The average Bonchev–Trinajstić information content (AvgIpc) is 2.34. The largest absolute Gasteiger partial charge is 0.395 e. The van der Waals surface area contributed by atoms with Gasteiger partial charge in [-0.3, -0.25) is 14.9 Å². The fourth-order valence-electron chi connectivity index (χ4n) is 1.93. The molecule has 0 radical (unpaired) electrons. The van der Waals surface area contributed by atoms with Gasteiger partial charge in [0.25, 0.3) is 11.6 Å². The Morgan fingerprint density at radius 1 is 1.47 bits per heavy atom. The van der Waals surface area contributed by atoms with E-state index in [1.54, 1.807) is 32.9 Å². The van der Waals surface area contributed by atoms with Crippen LogP contribution in [0.25, 0.3) is 0 Å². The Labute approximate surface area is 111 Å². The molecule has 0 bridgehead atoms. The molecule has 0 aromatic heterocycles. The lowest BCUT2D eigenvalue weighted by atomic mass is 10.0. The summed E-state index contributed by atoms with van der Waals surface area (Å²) in [6, 6.07) is 4.39. The summed E-state index contributed by atoms with van der Waals surface area (Å²) in [7, 11) is 0. The summed E-state index contributed by atoms with van der Waals surface area (Å²) < 4.78 is 0. The first-order chi connectivity index (χ1) is 8.90. The summed E-state index contributed by atoms with van der Waals surface area (Å²) in [6.45, 7) is 5.25. The van der Waals surface area contributed by atoms with Crippen LogP contribution in [0.2, 0.25) is 0 Å². The number of aryl methyl sites for hydroxylation is 1. The predicted octanol–water partition coefficient (Wildman–Crippen LogP) is 1.75. The molecule has 1 amide bonds. The minimum atomic E-state index is -0.558. The molecule has 19 heavy (non-hydrogen) atoms. The van der Waals surface area contributed by atoms with Crippen LogP contribution in [0, 0.1) is 17.0 Å². The van der Waals surface area contributed by atoms with Crippen molar-refractivity contribution < 1.29 is 14.8 Å². The van der Waals surface area contributed by atoms with Gasteiger partial charge in [0.2, 0.25) is 0 Å². The quantitative estimate of drug-likeness (QED) is 0.650. The Hall–Kier alpha value is -1.95. The second-order valence-corrected chi connectivity index (χ2v) is 4.54. The summed E-state index contributed by atoms with van der Waals surface area (Å²) in [6.07, 6.45) is 0. The molecule has 6 nitrogen and oxygen atoms in total. The van der Waals surface area contributed by atoms with Gasteiger partial charge < -0.3 is 10.0 Å². The normalized spacial score (nSPS) is 10.6. The predicted molar refractivity (Wildman–Crippen MR) is 71.1 cm³/mol. The lowest BCUT2D eigenvalue weighted by Gasteiger charge is -2.26. The maximum atomic E-state index is 12.4. The van der Waals surface area contributed by atoms with Crippen LogP contribution in [-0.2, 0) is 0 Å². The average molecular weight is 266 g/mol. The van der Waals surface area contributed by atoms with E-state index in [9.17, 15) is 14.9 Å². The van der Waals surface area contributed by atoms with E-state index >= 15 is 0 Å². The molecule has 0 aliphatic heterocycles. The van der Waals surface area contributed by atoms with Crippen LogP contribution in [0.4, 0.5) is 5.69 Å². The van der Waals surface area contributed by atoms with E-state index in [1.165, 1.54) is 11.0 Å². The first-order valence-corrected chi connectivity index (χ1v) is 6.06. The summed E-state index contributed by atoms with van der Waals surface area (Å²) in [5.74, 6) is -0.422. The Morgan fingerprint density at radius 2 is 2.11 bits per heavy atom. The van der Waals surface area contributed by atoms with Gasteiger partial charge in [0.05, 0.1) is 11.5 Å². The highest BCUT2D eigenvalue weighted by Crippen LogP contribution is 2.24. The molecule has 1 aromatic rings. The Balaban J connectivity index is 3.28. The van der Waals surface area contributed by atoms with Gasteiger partial charge in [-0.15, -0.1) is 0 Å². The first kappa shape index (κ1) is 15.1. The van der Waals surface area contributed by atoms with Crippen molar-refractivity contribution in [3.8, 4) is 0 Å². The van der Waals surface area contributed by atoms with Crippen LogP contribution >= 0.6 is 0 Å². The zero-order valence-corrected chi connectivity index (χ0v) is 11.3. The van der Waals surface area contributed by atoms with Gasteiger partial charge >= 0.3 is 0 Å². The third kappa shape index (κ3) is 3.29. The van der Waals surface area contributed by atoms with E-state index in [-0.39, 0.29) is 30.4 Å². The number of hydrogen-bond acceptors (Lipinski definition) is 4. The number of nitro benzene ring substituents is 1. The number of rotatable bonds is 5. The molecule has 0 aliphatic carbocycles. The van der Waals surface area contributed by atoms with Crippen molar-refractivity contribution in [2.45, 2.75) is 26.8 Å². The zero-order valence-electron chi connectivity index (χ0n) is 11.3. The molecule has 1 N–H and O–H groups in total. The molecule has 104 valence electrons. The van der Waals surface area contributed by atoms with Gasteiger partial charge in [0.1, 0.15) is 5.56 Å². The highest BCUT2D eigenvalue weighted by atomic mass is 16.6. The van der Waals surface area contributed by atoms with Gasteiger partial charge in [-0.25, -0.2) is 0 Å². The summed E-state index contributed by atoms with van der Waals surface area (Å²) in [5, 5.41) is 20.0. The number of carbonyl (C=O) groups excluding carboxylic acids is 1. The molecule has 0 unspecified atom stereocenters. The number of nitro groups is 1. The Morgan fingerprint density at radius 3 is 2.58 bits per heavy atom. The van der Waals surface area contributed by atoms with Gasteiger partial charge in [-0.05, 0) is 26.3 Å². The third-order valence-electron chi connectivity index (χ3n) is 2.89. The van der Waals surface area contributed by atoms with E-state index < -0.39 is 10.8 Å². The lowest BCUT2D eigenvalue weighted by molar-refractivity contribution is -0.385. The van der Waals surface area contributed by atoms with E-state index in [0.717, 1.165) is 0 Å². The van der Waals surface area contributed by atoms with Crippen molar-refractivity contribution >= 4 is 11.6 Å². The number of nitrogens with zero attached hydrogens (tertiary/aromatic N) is 2. The van der Waals surface area contributed by atoms with Gasteiger partial charge in [0.15, 0.2) is 0 Å². The SMILES string of the molecule is Cc1cccc([N+](=O)[O-])c1C(=O)N(CCO)C(C)C. The maximum Gasteiger partial charge on any atom is 0.282 e. The van der Waals surface area contributed by atoms with Crippen molar-refractivity contribution in [3.63, 3.8) is 0 Å². The molecular formula is C13H18N2O4. The van der Waals surface area contributed by atoms with Gasteiger partial charge in [-0.1, -0.05) is 12.1 Å². The summed E-state index contributed by atoms with van der Waals surface area (Å²) in [5.41, 5.74) is 0.450. The van der Waals surface area contributed by atoms with Gasteiger partial charge in [-0.2, -0.15) is 0 Å². The number of aliphatic hydroxyl groups excluding tert-OH is 1. The number of aliphatic hydroxyl groups is 1. The molecule has 1 aromatic carbocycles. The number of hydrogen-bond donors (Lipinski definition) is 1. The van der Waals surface area contributed by atoms with Gasteiger partial charge in [0, 0.05) is 18.7 Å². The van der Waals surface area contributed by atoms with Crippen LogP contribution in [0.3, 0.4) is 0 Å². The molecule has 0 fully saturated rings. The fourth-order valence-corrected chi connectivity index (χ4v) is 1.93. The number of amides is 1. The molecule has 0 spiro atoms. The minimum absolute atomic E-state index is 0.0923. The molecular weight excluding hydrogens is 248 g/mol. The smallest absolute Gasteiger partial charge is 0.282 e. The van der Waals surface area contributed by atoms with Crippen molar-refractivity contribution in [1.29, 1.82) is 0 Å². The highest BCUT2D eigenvalue weighted by Gasteiger charge is 2.27. The van der Waals surface area contributed by atoms with Crippen LogP contribution < -0.4 is 0 Å². The molecule has 0 atom stereocenters. The first-order valence-electron chi connectivity index (χ1n) is 6.06. The topological polar surface area (TPSA) is 83.7 Å². The van der Waals surface area contributed by atoms with Crippen LogP contribution in [0.1, 0.15) is 29.8 Å². The Bertz CT molecular complexity index is 486. The summed E-state index contributed by atoms with van der Waals surface area (Å²) >= 11 is 0. The number of carbonyl (C=O) groups is 1. The second-order valence-electron chi connectivity index (χ2n) is 4.54. The monoisotopic (exact) mass is 266 g/mol. The van der Waals surface area contributed by atoms with E-state index in [1.807, 2.05) is 0 Å². The van der Waals surface area contributed by atoms with Crippen LogP contribution in [0.5, 0.6) is 0 Å². The van der Waals surface area contributed by atoms with E-state index in [0.29, 0.717) is 5.56 Å². The minimum Gasteiger partial charge on any atom is -0.395 e. The fraction of sp³-hybridized carbons (Fsp3) is 0.462. The summed E-state index contributed by atoms with van der Waals surface area (Å²) in [4.78, 5) is 24.3. The maximum absolute atomic E-state index is 12.4. The molecule has 0 aliphatic rings. The standard InChI is InChI=1S/C13H18N2O4/c1-9(2)14(7-8-16)13(17)12-10(3)5-4-6-11(12)15(18)19/h4-6,9,16H,7-8H2,1-3H3. The molecule has 0 saturated heterocycles. The lowest BCUT2D eigenvalue weighted by Crippen LogP contribution is -2.39. The van der Waals surface area contributed by atoms with Crippen molar-refractivity contribution in [2.24, 2.45) is 0 Å². The van der Waals surface area contributed by atoms with Crippen molar-refractivity contribution in [3.05, 3.63) is 39.4 Å². The third-order valence-corrected chi connectivity index (χ3v) is 2.89. The van der Waals surface area contributed by atoms with E-state index in [2.05, 4.69) is 0 Å². The van der Waals surface area contributed by atoms with E-state index in [4.69, 9.17) is 5.11 Å². The van der Waals surface area contributed by atoms with Crippen molar-refractivity contribution in [2.75, 3.05) is 13.2 Å². The molecule has 0 heterocycles. The molecule has 0 saturated carbocycles. The molecule has 6 heteroatoms. The van der Waals surface area contributed by atoms with Crippen molar-refractivity contribution in [1.82, 2.24) is 4.90 Å². The number of benzene rings is 1. The highest BCUT2D eigenvalue weighted by molar-refractivity contribution is 5.99. The Kier molecular flexibility index (Phi) is 5.00. The molecule has 1 rings (SSSR count). The van der Waals surface area contributed by atoms with Crippen LogP contribution in [-0.4, -0.2) is 40.0 Å². The van der Waals surface area contributed by atoms with Crippen LogP contribution in [0.15, 0.2) is 18.2 Å².